The second kappa shape index (κ2) is 5.25. The molecule has 20 heavy (non-hydrogen) atoms. The molecule has 0 unspecified atom stereocenters. The number of carboxylic acid groups (broad SMARTS) is 1. The molecule has 0 radical (unpaired) electrons. The van der Waals surface area contributed by atoms with E-state index in [1.165, 1.54) is 0 Å². The Morgan fingerprint density at radius 1 is 1.40 bits per heavy atom. The van der Waals surface area contributed by atoms with Crippen molar-refractivity contribution in [2.45, 2.75) is 32.7 Å². The molecule has 0 bridgehead atoms. The lowest BCUT2D eigenvalue weighted by atomic mass is 9.95. The Hall–Kier alpha value is -1.88. The van der Waals surface area contributed by atoms with Gasteiger partial charge in [-0.3, -0.25) is 0 Å². The van der Waals surface area contributed by atoms with Crippen molar-refractivity contribution in [3.05, 3.63) is 29.6 Å². The number of nitrogens with zero attached hydrogens (tertiary/aromatic N) is 2. The smallest absolute Gasteiger partial charge is 0.337 e. The van der Waals surface area contributed by atoms with Crippen molar-refractivity contribution >= 4 is 17.0 Å². The van der Waals surface area contributed by atoms with Gasteiger partial charge in [-0.05, 0) is 12.1 Å². The van der Waals surface area contributed by atoms with Crippen molar-refractivity contribution in [3.8, 4) is 0 Å². The van der Waals surface area contributed by atoms with E-state index in [0.29, 0.717) is 18.7 Å². The van der Waals surface area contributed by atoms with Gasteiger partial charge in [0.15, 0.2) is 0 Å². The lowest BCUT2D eigenvalue weighted by molar-refractivity contribution is 0.0699. The fourth-order valence-electron chi connectivity index (χ4n) is 2.30. The minimum atomic E-state index is -0.951. The number of imidazole rings is 1. The summed E-state index contributed by atoms with van der Waals surface area (Å²) in [6.45, 7) is 7.42. The van der Waals surface area contributed by atoms with Crippen molar-refractivity contribution < 1.29 is 14.6 Å². The molecule has 0 aliphatic carbocycles. The molecule has 1 N–H and O–H groups in total. The molecule has 0 atom stereocenters. The maximum Gasteiger partial charge on any atom is 0.337 e. The number of carboxylic acids is 1. The second-order valence-electron chi connectivity index (χ2n) is 5.81. The average Bonchev–Trinajstić information content (AvgIpc) is 2.74. The third-order valence-electron chi connectivity index (χ3n) is 3.20. The molecule has 0 saturated heterocycles. The van der Waals surface area contributed by atoms with Crippen molar-refractivity contribution in [2.75, 3.05) is 13.7 Å². The highest BCUT2D eigenvalue weighted by atomic mass is 16.5. The minimum absolute atomic E-state index is 0.164. The van der Waals surface area contributed by atoms with Crippen molar-refractivity contribution in [2.24, 2.45) is 0 Å². The van der Waals surface area contributed by atoms with Crippen LogP contribution in [0.2, 0.25) is 0 Å². The Morgan fingerprint density at radius 3 is 2.65 bits per heavy atom. The lowest BCUT2D eigenvalue weighted by Crippen LogP contribution is -2.20. The fraction of sp³-hybridized carbons (Fsp3) is 0.467. The number of carbonyl (C=O) groups is 1. The molecule has 0 aliphatic rings. The first-order valence-electron chi connectivity index (χ1n) is 6.58. The van der Waals surface area contributed by atoms with Crippen LogP contribution in [0.25, 0.3) is 11.0 Å². The summed E-state index contributed by atoms with van der Waals surface area (Å²) < 4.78 is 7.19. The molecule has 0 fully saturated rings. The number of hydrogen-bond donors (Lipinski definition) is 1. The molecule has 1 aromatic heterocycles. The van der Waals surface area contributed by atoms with Crippen LogP contribution in [0.3, 0.4) is 0 Å². The summed E-state index contributed by atoms with van der Waals surface area (Å²) in [6.07, 6.45) is 0. The third kappa shape index (κ3) is 2.54. The Kier molecular flexibility index (Phi) is 3.81. The highest BCUT2D eigenvalue weighted by Crippen LogP contribution is 2.28. The number of benzene rings is 1. The van der Waals surface area contributed by atoms with E-state index >= 15 is 0 Å². The van der Waals surface area contributed by atoms with Crippen LogP contribution in [-0.2, 0) is 16.7 Å². The van der Waals surface area contributed by atoms with Gasteiger partial charge in [-0.2, -0.15) is 0 Å². The largest absolute Gasteiger partial charge is 0.478 e. The van der Waals surface area contributed by atoms with Crippen molar-refractivity contribution in [3.63, 3.8) is 0 Å². The zero-order chi connectivity index (χ0) is 14.9. The summed E-state index contributed by atoms with van der Waals surface area (Å²) in [5, 5.41) is 9.29. The van der Waals surface area contributed by atoms with Gasteiger partial charge in [-0.15, -0.1) is 0 Å². The Balaban J connectivity index is 2.71. The third-order valence-corrected chi connectivity index (χ3v) is 3.20. The zero-order valence-corrected chi connectivity index (χ0v) is 12.3. The van der Waals surface area contributed by atoms with Crippen molar-refractivity contribution in [1.29, 1.82) is 0 Å². The fourth-order valence-corrected chi connectivity index (χ4v) is 2.30. The molecule has 1 aromatic carbocycles. The maximum absolute atomic E-state index is 11.3. The number of fused-ring (bicyclic) bond motifs is 1. The first kappa shape index (κ1) is 14.5. The van der Waals surface area contributed by atoms with E-state index in [1.807, 2.05) is 10.6 Å². The average molecular weight is 276 g/mol. The summed E-state index contributed by atoms with van der Waals surface area (Å²) in [7, 11) is 1.65. The van der Waals surface area contributed by atoms with Gasteiger partial charge in [-0.1, -0.05) is 26.8 Å². The van der Waals surface area contributed by atoms with Crippen LogP contribution in [-0.4, -0.2) is 34.3 Å². The van der Waals surface area contributed by atoms with E-state index in [9.17, 15) is 9.90 Å². The van der Waals surface area contributed by atoms with Crippen molar-refractivity contribution in [1.82, 2.24) is 9.55 Å². The zero-order valence-electron chi connectivity index (χ0n) is 12.3. The Bertz CT molecular complexity index is 638. The van der Waals surface area contributed by atoms with E-state index in [4.69, 9.17) is 4.74 Å². The lowest BCUT2D eigenvalue weighted by Gasteiger charge is -2.20. The first-order valence-corrected chi connectivity index (χ1v) is 6.58. The maximum atomic E-state index is 11.3. The van der Waals surface area contributed by atoms with E-state index in [1.54, 1.807) is 19.2 Å². The molecule has 1 heterocycles. The monoisotopic (exact) mass is 276 g/mol. The molecule has 5 nitrogen and oxygen atoms in total. The van der Waals surface area contributed by atoms with Crippen LogP contribution in [0, 0.1) is 0 Å². The molecule has 108 valence electrons. The SMILES string of the molecule is COCCn1c(C(C)(C)C)nc2c(C(=O)O)cccc21. The number of ether oxygens (including phenoxy) is 1. The summed E-state index contributed by atoms with van der Waals surface area (Å²) in [5.74, 6) is -0.0781. The van der Waals surface area contributed by atoms with Gasteiger partial charge < -0.3 is 14.4 Å². The second-order valence-corrected chi connectivity index (χ2v) is 5.81. The van der Waals surface area contributed by atoms with E-state index in [0.717, 1.165) is 11.3 Å². The van der Waals surface area contributed by atoms with Crippen LogP contribution in [0.5, 0.6) is 0 Å². The van der Waals surface area contributed by atoms with Crippen LogP contribution in [0.15, 0.2) is 18.2 Å². The number of hydrogen-bond acceptors (Lipinski definition) is 3. The van der Waals surface area contributed by atoms with Crippen LogP contribution >= 0.6 is 0 Å². The van der Waals surface area contributed by atoms with Gasteiger partial charge in [0.25, 0.3) is 0 Å². The number of para-hydroxylation sites is 1. The van der Waals surface area contributed by atoms with Gasteiger partial charge in [-0.25, -0.2) is 9.78 Å². The number of methoxy groups -OCH3 is 1. The van der Waals surface area contributed by atoms with Gasteiger partial charge in [0, 0.05) is 19.1 Å². The molecule has 0 aliphatic heterocycles. The van der Waals surface area contributed by atoms with Crippen LogP contribution in [0.4, 0.5) is 0 Å². The summed E-state index contributed by atoms with van der Waals surface area (Å²) >= 11 is 0. The highest BCUT2D eigenvalue weighted by molar-refractivity contribution is 6.01. The van der Waals surface area contributed by atoms with E-state index < -0.39 is 5.97 Å². The number of aromatic carboxylic acids is 1. The minimum Gasteiger partial charge on any atom is -0.478 e. The predicted molar refractivity (Wildman–Crippen MR) is 77.3 cm³/mol. The molecular weight excluding hydrogens is 256 g/mol. The molecule has 2 aromatic rings. The van der Waals surface area contributed by atoms with Gasteiger partial charge in [0.2, 0.25) is 0 Å². The predicted octanol–water partition coefficient (Wildman–Crippen LogP) is 2.68. The van der Waals surface area contributed by atoms with E-state index in [2.05, 4.69) is 25.8 Å². The quantitative estimate of drug-likeness (QED) is 0.932. The summed E-state index contributed by atoms with van der Waals surface area (Å²) in [4.78, 5) is 15.9. The topological polar surface area (TPSA) is 64.4 Å². The molecule has 0 amide bonds. The normalized spacial score (nSPS) is 12.0. The van der Waals surface area contributed by atoms with Gasteiger partial charge in [0.1, 0.15) is 11.3 Å². The standard InChI is InChI=1S/C15H20N2O3/c1-15(2,3)14-16-12-10(13(18)19)6-5-7-11(12)17(14)8-9-20-4/h5-7H,8-9H2,1-4H3,(H,18,19). The molecule has 0 spiro atoms. The Morgan fingerprint density at radius 2 is 2.10 bits per heavy atom. The van der Waals surface area contributed by atoms with Gasteiger partial charge in [0.05, 0.1) is 17.7 Å². The number of rotatable bonds is 4. The molecular formula is C15H20N2O3. The van der Waals surface area contributed by atoms with Crippen LogP contribution in [0.1, 0.15) is 37.0 Å². The number of aromatic nitrogens is 2. The molecule has 5 heteroatoms. The summed E-state index contributed by atoms with van der Waals surface area (Å²) in [5.41, 5.74) is 1.46. The Labute approximate surface area is 118 Å². The van der Waals surface area contributed by atoms with Gasteiger partial charge >= 0.3 is 5.97 Å². The highest BCUT2D eigenvalue weighted by Gasteiger charge is 2.24. The molecule has 2 rings (SSSR count). The first-order chi connectivity index (χ1) is 9.36. The summed E-state index contributed by atoms with van der Waals surface area (Å²) in [6, 6.07) is 5.24. The molecule has 0 saturated carbocycles. The van der Waals surface area contributed by atoms with Crippen LogP contribution < -0.4 is 0 Å². The van der Waals surface area contributed by atoms with E-state index in [-0.39, 0.29) is 11.0 Å².